The summed E-state index contributed by atoms with van der Waals surface area (Å²) < 4.78 is 0. The molecule has 1 fully saturated rings. The van der Waals surface area contributed by atoms with Crippen LogP contribution in [0.2, 0.25) is 0 Å². The second-order valence-electron chi connectivity index (χ2n) is 6.52. The first kappa shape index (κ1) is 17.5. The standard InChI is InChI=1S/C20H25N3O2/c1-14(21-12-16-4-2-3-5-17(16)13-24)15-6-8-18(9-7-15)22-20(25)23-19-10-11-19/h2-9,14,19,21,24H,10-13H2,1H3,(H2,22,23,25). The van der Waals surface area contributed by atoms with E-state index in [4.69, 9.17) is 0 Å². The van der Waals surface area contributed by atoms with Crippen molar-refractivity contribution < 1.29 is 9.90 Å². The molecule has 5 heteroatoms. The zero-order valence-corrected chi connectivity index (χ0v) is 14.5. The highest BCUT2D eigenvalue weighted by atomic mass is 16.3. The Hall–Kier alpha value is -2.37. The van der Waals surface area contributed by atoms with E-state index in [2.05, 4.69) is 22.9 Å². The fourth-order valence-electron chi connectivity index (χ4n) is 2.70. The van der Waals surface area contributed by atoms with Crippen LogP contribution in [0.15, 0.2) is 48.5 Å². The zero-order valence-electron chi connectivity index (χ0n) is 14.5. The van der Waals surface area contributed by atoms with E-state index in [1.807, 2.05) is 48.5 Å². The molecule has 1 saturated carbocycles. The van der Waals surface area contributed by atoms with E-state index in [0.717, 1.165) is 35.2 Å². The average molecular weight is 339 g/mol. The Kier molecular flexibility index (Phi) is 5.68. The molecule has 2 aromatic carbocycles. The summed E-state index contributed by atoms with van der Waals surface area (Å²) in [6.45, 7) is 2.85. The van der Waals surface area contributed by atoms with Crippen molar-refractivity contribution in [3.05, 3.63) is 65.2 Å². The van der Waals surface area contributed by atoms with Crippen LogP contribution in [-0.2, 0) is 13.2 Å². The first-order chi connectivity index (χ1) is 12.2. The van der Waals surface area contributed by atoms with Crippen LogP contribution >= 0.6 is 0 Å². The average Bonchev–Trinajstić information content (AvgIpc) is 3.44. The molecule has 5 nitrogen and oxygen atoms in total. The van der Waals surface area contributed by atoms with Gasteiger partial charge in [-0.3, -0.25) is 0 Å². The lowest BCUT2D eigenvalue weighted by Gasteiger charge is -2.16. The first-order valence-electron chi connectivity index (χ1n) is 8.74. The van der Waals surface area contributed by atoms with Gasteiger partial charge < -0.3 is 21.1 Å². The SMILES string of the molecule is CC(NCc1ccccc1CO)c1ccc(NC(=O)NC2CC2)cc1. The Morgan fingerprint density at radius 2 is 1.80 bits per heavy atom. The first-order valence-corrected chi connectivity index (χ1v) is 8.74. The minimum Gasteiger partial charge on any atom is -0.392 e. The van der Waals surface area contributed by atoms with Crippen LogP contribution in [0.1, 0.15) is 42.5 Å². The fourth-order valence-corrected chi connectivity index (χ4v) is 2.70. The number of anilines is 1. The van der Waals surface area contributed by atoms with Crippen LogP contribution in [0.4, 0.5) is 10.5 Å². The summed E-state index contributed by atoms with van der Waals surface area (Å²) >= 11 is 0. The van der Waals surface area contributed by atoms with Crippen molar-refractivity contribution in [1.29, 1.82) is 0 Å². The highest BCUT2D eigenvalue weighted by Crippen LogP contribution is 2.20. The third-order valence-electron chi connectivity index (χ3n) is 4.47. The van der Waals surface area contributed by atoms with Crippen molar-refractivity contribution in [3.63, 3.8) is 0 Å². The normalized spacial score (nSPS) is 14.8. The van der Waals surface area contributed by atoms with Crippen molar-refractivity contribution in [2.45, 2.75) is 45.0 Å². The number of benzene rings is 2. The number of amides is 2. The molecule has 1 unspecified atom stereocenters. The molecule has 1 aliphatic rings. The van der Waals surface area contributed by atoms with Gasteiger partial charge in [-0.05, 0) is 48.6 Å². The minimum atomic E-state index is -0.137. The van der Waals surface area contributed by atoms with Crippen molar-refractivity contribution in [3.8, 4) is 0 Å². The molecule has 2 amide bonds. The van der Waals surface area contributed by atoms with E-state index >= 15 is 0 Å². The third-order valence-corrected chi connectivity index (χ3v) is 4.47. The molecule has 0 heterocycles. The van der Waals surface area contributed by atoms with Crippen molar-refractivity contribution in [1.82, 2.24) is 10.6 Å². The van der Waals surface area contributed by atoms with Crippen LogP contribution in [0.5, 0.6) is 0 Å². The van der Waals surface area contributed by atoms with E-state index in [9.17, 15) is 9.90 Å². The smallest absolute Gasteiger partial charge is 0.319 e. The maximum Gasteiger partial charge on any atom is 0.319 e. The van der Waals surface area contributed by atoms with Crippen LogP contribution in [0, 0.1) is 0 Å². The molecule has 0 aliphatic heterocycles. The number of aliphatic hydroxyl groups is 1. The minimum absolute atomic E-state index is 0.0511. The summed E-state index contributed by atoms with van der Waals surface area (Å²) in [5.41, 5.74) is 3.99. The van der Waals surface area contributed by atoms with E-state index in [-0.39, 0.29) is 18.7 Å². The Morgan fingerprint density at radius 1 is 1.12 bits per heavy atom. The van der Waals surface area contributed by atoms with Gasteiger partial charge in [0.25, 0.3) is 0 Å². The van der Waals surface area contributed by atoms with Gasteiger partial charge in [-0.2, -0.15) is 0 Å². The second kappa shape index (κ2) is 8.14. The lowest BCUT2D eigenvalue weighted by atomic mass is 10.1. The molecule has 0 spiro atoms. The molecule has 0 bridgehead atoms. The van der Waals surface area contributed by atoms with Gasteiger partial charge in [0, 0.05) is 24.3 Å². The van der Waals surface area contributed by atoms with Crippen LogP contribution in [-0.4, -0.2) is 17.2 Å². The zero-order chi connectivity index (χ0) is 17.6. The van der Waals surface area contributed by atoms with Crippen molar-refractivity contribution in [2.75, 3.05) is 5.32 Å². The largest absolute Gasteiger partial charge is 0.392 e. The molecule has 4 N–H and O–H groups in total. The molecular formula is C20H25N3O2. The molecule has 3 rings (SSSR count). The van der Waals surface area contributed by atoms with E-state index < -0.39 is 0 Å². The lowest BCUT2D eigenvalue weighted by Crippen LogP contribution is -2.30. The summed E-state index contributed by atoms with van der Waals surface area (Å²) in [7, 11) is 0. The summed E-state index contributed by atoms with van der Waals surface area (Å²) in [5.74, 6) is 0. The predicted molar refractivity (Wildman–Crippen MR) is 99.2 cm³/mol. The van der Waals surface area contributed by atoms with Crippen molar-refractivity contribution >= 4 is 11.7 Å². The molecule has 2 aromatic rings. The number of carbonyl (C=O) groups is 1. The highest BCUT2D eigenvalue weighted by molar-refractivity contribution is 5.89. The molecule has 1 atom stereocenters. The van der Waals surface area contributed by atoms with E-state index in [1.165, 1.54) is 0 Å². The van der Waals surface area contributed by atoms with Crippen molar-refractivity contribution in [2.24, 2.45) is 0 Å². The monoisotopic (exact) mass is 339 g/mol. The Balaban J connectivity index is 1.53. The van der Waals surface area contributed by atoms with Gasteiger partial charge in [-0.15, -0.1) is 0 Å². The summed E-state index contributed by atoms with van der Waals surface area (Å²) in [5, 5.41) is 18.6. The number of nitrogens with one attached hydrogen (secondary N) is 3. The Bertz CT molecular complexity index is 711. The summed E-state index contributed by atoms with van der Waals surface area (Å²) in [6, 6.07) is 16.1. The number of aliphatic hydroxyl groups excluding tert-OH is 1. The predicted octanol–water partition coefficient (Wildman–Crippen LogP) is 3.31. The Labute approximate surface area is 148 Å². The summed E-state index contributed by atoms with van der Waals surface area (Å²) in [4.78, 5) is 11.7. The Morgan fingerprint density at radius 3 is 2.44 bits per heavy atom. The quantitative estimate of drug-likeness (QED) is 0.625. The number of hydrogen-bond acceptors (Lipinski definition) is 3. The number of rotatable bonds is 7. The topological polar surface area (TPSA) is 73.4 Å². The van der Waals surface area contributed by atoms with Gasteiger partial charge in [-0.25, -0.2) is 4.79 Å². The van der Waals surface area contributed by atoms with E-state index in [0.29, 0.717) is 12.6 Å². The third kappa shape index (κ3) is 5.05. The lowest BCUT2D eigenvalue weighted by molar-refractivity contribution is 0.251. The maximum absolute atomic E-state index is 11.7. The molecule has 0 radical (unpaired) electrons. The van der Waals surface area contributed by atoms with Crippen LogP contribution in [0.3, 0.4) is 0 Å². The summed E-state index contributed by atoms with van der Waals surface area (Å²) in [6.07, 6.45) is 2.16. The molecule has 0 aromatic heterocycles. The maximum atomic E-state index is 11.7. The highest BCUT2D eigenvalue weighted by Gasteiger charge is 2.23. The molecular weight excluding hydrogens is 314 g/mol. The van der Waals surface area contributed by atoms with Gasteiger partial charge in [0.1, 0.15) is 0 Å². The van der Waals surface area contributed by atoms with Crippen LogP contribution in [0.25, 0.3) is 0 Å². The molecule has 25 heavy (non-hydrogen) atoms. The van der Waals surface area contributed by atoms with Crippen LogP contribution < -0.4 is 16.0 Å². The van der Waals surface area contributed by atoms with Gasteiger partial charge >= 0.3 is 6.03 Å². The van der Waals surface area contributed by atoms with E-state index in [1.54, 1.807) is 0 Å². The molecule has 0 saturated heterocycles. The molecule has 132 valence electrons. The number of hydrogen-bond donors (Lipinski definition) is 4. The van der Waals surface area contributed by atoms with Gasteiger partial charge in [0.15, 0.2) is 0 Å². The van der Waals surface area contributed by atoms with Gasteiger partial charge in [-0.1, -0.05) is 36.4 Å². The van der Waals surface area contributed by atoms with Gasteiger partial charge in [0.2, 0.25) is 0 Å². The van der Waals surface area contributed by atoms with Gasteiger partial charge in [0.05, 0.1) is 6.61 Å². The second-order valence-corrected chi connectivity index (χ2v) is 6.52. The fraction of sp³-hybridized carbons (Fsp3) is 0.350. The number of carbonyl (C=O) groups excluding carboxylic acids is 1. The molecule has 1 aliphatic carbocycles. The number of urea groups is 1.